The van der Waals surface area contributed by atoms with E-state index in [2.05, 4.69) is 11.6 Å². The number of allylic oxidation sites excluding steroid dienone is 2. The summed E-state index contributed by atoms with van der Waals surface area (Å²) in [6.45, 7) is 7.53. The van der Waals surface area contributed by atoms with Gasteiger partial charge in [-0.15, -0.1) is 0 Å². The molecular weight excluding hydrogens is 152 g/mol. The molecular formula is C9H16N2O. The fourth-order valence-corrected chi connectivity index (χ4v) is 0.781. The molecule has 0 spiro atoms. The summed E-state index contributed by atoms with van der Waals surface area (Å²) in [7, 11) is 0. The van der Waals surface area contributed by atoms with Crippen molar-refractivity contribution in [3.8, 4) is 0 Å². The van der Waals surface area contributed by atoms with Crippen LogP contribution in [0.5, 0.6) is 0 Å². The van der Waals surface area contributed by atoms with Gasteiger partial charge in [0.25, 0.3) is 0 Å². The molecule has 3 nitrogen and oxygen atoms in total. The van der Waals surface area contributed by atoms with Crippen molar-refractivity contribution < 1.29 is 5.11 Å². The van der Waals surface area contributed by atoms with Crippen molar-refractivity contribution in [1.82, 2.24) is 0 Å². The molecule has 0 saturated carbocycles. The van der Waals surface area contributed by atoms with Crippen LogP contribution in [-0.2, 0) is 0 Å². The van der Waals surface area contributed by atoms with Crippen LogP contribution in [0.4, 0.5) is 0 Å². The van der Waals surface area contributed by atoms with Gasteiger partial charge in [0, 0.05) is 0 Å². The molecule has 0 aromatic carbocycles. The second kappa shape index (κ2) is 5.41. The van der Waals surface area contributed by atoms with Crippen LogP contribution in [-0.4, -0.2) is 11.4 Å². The molecule has 0 aliphatic heterocycles. The smallest absolute Gasteiger partial charge is 0.139 e. The third-order valence-corrected chi connectivity index (χ3v) is 1.60. The summed E-state index contributed by atoms with van der Waals surface area (Å²) >= 11 is 0. The highest BCUT2D eigenvalue weighted by molar-refractivity contribution is 5.54. The molecule has 0 aromatic heterocycles. The molecule has 0 aliphatic rings. The molecule has 3 heteroatoms. The van der Waals surface area contributed by atoms with E-state index in [1.165, 1.54) is 6.34 Å². The van der Waals surface area contributed by atoms with E-state index in [0.29, 0.717) is 17.7 Å². The summed E-state index contributed by atoms with van der Waals surface area (Å²) in [4.78, 5) is 3.83. The Morgan fingerprint density at radius 1 is 1.50 bits per heavy atom. The molecule has 0 radical (unpaired) electrons. The summed E-state index contributed by atoms with van der Waals surface area (Å²) in [5.74, 6) is 0.168. The minimum absolute atomic E-state index is 0.168. The van der Waals surface area contributed by atoms with Crippen molar-refractivity contribution in [3.63, 3.8) is 0 Å². The largest absolute Gasteiger partial charge is 0.506 e. The van der Waals surface area contributed by atoms with Crippen molar-refractivity contribution in [3.05, 3.63) is 23.6 Å². The first-order valence-corrected chi connectivity index (χ1v) is 4.01. The number of nitrogens with zero attached hydrogens (tertiary/aromatic N) is 1. The highest BCUT2D eigenvalue weighted by Crippen LogP contribution is 2.16. The molecule has 68 valence electrons. The lowest BCUT2D eigenvalue weighted by molar-refractivity contribution is 0.410. The number of nitrogens with two attached hydrogens (primary N) is 1. The van der Waals surface area contributed by atoms with Gasteiger partial charge in [0.15, 0.2) is 0 Å². The molecule has 0 aromatic rings. The lowest BCUT2D eigenvalue weighted by atomic mass is 10.1. The van der Waals surface area contributed by atoms with E-state index in [4.69, 9.17) is 5.73 Å². The van der Waals surface area contributed by atoms with Crippen molar-refractivity contribution >= 4 is 6.34 Å². The fraction of sp³-hybridized carbons (Fsp3) is 0.444. The zero-order chi connectivity index (χ0) is 9.56. The van der Waals surface area contributed by atoms with Gasteiger partial charge in [0.05, 0.1) is 12.0 Å². The van der Waals surface area contributed by atoms with Crippen molar-refractivity contribution in [2.75, 3.05) is 0 Å². The minimum Gasteiger partial charge on any atom is -0.506 e. The maximum atomic E-state index is 9.52. The van der Waals surface area contributed by atoms with E-state index < -0.39 is 0 Å². The first kappa shape index (κ1) is 10.8. The SMILES string of the molecule is C=C(CC)/C(O)=C(CC)\N=C/N. The number of hydrogen-bond donors (Lipinski definition) is 2. The third kappa shape index (κ3) is 2.78. The van der Waals surface area contributed by atoms with Crippen LogP contribution >= 0.6 is 0 Å². The van der Waals surface area contributed by atoms with E-state index in [0.717, 1.165) is 6.42 Å². The van der Waals surface area contributed by atoms with Crippen LogP contribution in [0, 0.1) is 0 Å². The summed E-state index contributed by atoms with van der Waals surface area (Å²) in [5, 5.41) is 9.52. The first-order chi connectivity index (χ1) is 5.67. The average Bonchev–Trinajstić information content (AvgIpc) is 2.11. The Morgan fingerprint density at radius 2 is 2.08 bits per heavy atom. The van der Waals surface area contributed by atoms with Crippen LogP contribution in [0.25, 0.3) is 0 Å². The second-order valence-corrected chi connectivity index (χ2v) is 2.38. The second-order valence-electron chi connectivity index (χ2n) is 2.38. The van der Waals surface area contributed by atoms with Gasteiger partial charge < -0.3 is 10.8 Å². The molecule has 0 amide bonds. The summed E-state index contributed by atoms with van der Waals surface area (Å²) < 4.78 is 0. The van der Waals surface area contributed by atoms with E-state index in [1.54, 1.807) is 0 Å². The molecule has 0 fully saturated rings. The first-order valence-electron chi connectivity index (χ1n) is 4.01. The standard InChI is InChI=1S/C9H16N2O/c1-4-7(3)9(12)8(5-2)11-6-10/h6,12H,3-5H2,1-2H3,(H2,10,11)/b9-8+. The van der Waals surface area contributed by atoms with E-state index in [-0.39, 0.29) is 5.76 Å². The Labute approximate surface area is 73.3 Å². The molecule has 0 heterocycles. The highest BCUT2D eigenvalue weighted by Gasteiger charge is 2.03. The Balaban J connectivity index is 4.70. The molecule has 3 N–H and O–H groups in total. The van der Waals surface area contributed by atoms with Crippen LogP contribution in [0.15, 0.2) is 28.6 Å². The maximum Gasteiger partial charge on any atom is 0.139 e. The van der Waals surface area contributed by atoms with Gasteiger partial charge in [-0.3, -0.25) is 0 Å². The summed E-state index contributed by atoms with van der Waals surface area (Å²) in [5.41, 5.74) is 6.40. The van der Waals surface area contributed by atoms with Gasteiger partial charge in [0.2, 0.25) is 0 Å². The lowest BCUT2D eigenvalue weighted by Gasteiger charge is -2.04. The molecule has 0 rings (SSSR count). The van der Waals surface area contributed by atoms with E-state index in [9.17, 15) is 5.11 Å². The van der Waals surface area contributed by atoms with Gasteiger partial charge in [-0.1, -0.05) is 20.4 Å². The van der Waals surface area contributed by atoms with Crippen molar-refractivity contribution in [1.29, 1.82) is 0 Å². The van der Waals surface area contributed by atoms with E-state index >= 15 is 0 Å². The van der Waals surface area contributed by atoms with Gasteiger partial charge in [-0.2, -0.15) is 0 Å². The van der Waals surface area contributed by atoms with Crippen molar-refractivity contribution in [2.45, 2.75) is 26.7 Å². The topological polar surface area (TPSA) is 58.6 Å². The molecule has 0 unspecified atom stereocenters. The molecule has 12 heavy (non-hydrogen) atoms. The predicted molar refractivity (Wildman–Crippen MR) is 52.1 cm³/mol. The van der Waals surface area contributed by atoms with E-state index in [1.807, 2.05) is 13.8 Å². The Kier molecular flexibility index (Phi) is 4.84. The monoisotopic (exact) mass is 168 g/mol. The Bertz CT molecular complexity index is 217. The predicted octanol–water partition coefficient (Wildman–Crippen LogP) is 2.12. The van der Waals surface area contributed by atoms with Crippen LogP contribution < -0.4 is 5.73 Å². The van der Waals surface area contributed by atoms with Gasteiger partial charge in [-0.05, 0) is 18.4 Å². The summed E-state index contributed by atoms with van der Waals surface area (Å²) in [6, 6.07) is 0. The van der Waals surface area contributed by atoms with Crippen LogP contribution in [0.1, 0.15) is 26.7 Å². The number of hydrogen-bond acceptors (Lipinski definition) is 2. The zero-order valence-corrected chi connectivity index (χ0v) is 7.67. The minimum atomic E-state index is 0.168. The Hall–Kier alpha value is -1.25. The number of rotatable bonds is 4. The van der Waals surface area contributed by atoms with Crippen LogP contribution in [0.3, 0.4) is 0 Å². The number of aliphatic imine (C=N–C) groups is 1. The van der Waals surface area contributed by atoms with Crippen molar-refractivity contribution in [2.24, 2.45) is 10.7 Å². The van der Waals surface area contributed by atoms with Gasteiger partial charge in [0.1, 0.15) is 5.76 Å². The molecule has 0 aliphatic carbocycles. The Morgan fingerprint density at radius 3 is 2.42 bits per heavy atom. The highest BCUT2D eigenvalue weighted by atomic mass is 16.3. The molecule has 0 bridgehead atoms. The quantitative estimate of drug-likeness (QED) is 0.292. The fourth-order valence-electron chi connectivity index (χ4n) is 0.781. The zero-order valence-electron chi connectivity index (χ0n) is 7.67. The average molecular weight is 168 g/mol. The molecule has 0 saturated heterocycles. The maximum absolute atomic E-state index is 9.52. The number of aliphatic hydroxyl groups excluding tert-OH is 1. The molecule has 0 atom stereocenters. The lowest BCUT2D eigenvalue weighted by Crippen LogP contribution is -1.95. The number of aliphatic hydroxyl groups is 1. The van der Waals surface area contributed by atoms with Crippen LogP contribution in [0.2, 0.25) is 0 Å². The van der Waals surface area contributed by atoms with Gasteiger partial charge >= 0.3 is 0 Å². The summed E-state index contributed by atoms with van der Waals surface area (Å²) in [6.07, 6.45) is 2.55. The third-order valence-electron chi connectivity index (χ3n) is 1.60. The normalized spacial score (nSPS) is 13.2. The van der Waals surface area contributed by atoms with Gasteiger partial charge in [-0.25, -0.2) is 4.99 Å².